The molecule has 0 bridgehead atoms. The smallest absolute Gasteiger partial charge is 0.191 e. The molecular formula is C17H24ClIN4S. The molecule has 2 aromatic rings. The van der Waals surface area contributed by atoms with Crippen molar-refractivity contribution < 1.29 is 0 Å². The Balaban J connectivity index is 0.00000288. The number of rotatable bonds is 7. The lowest BCUT2D eigenvalue weighted by molar-refractivity contribution is 0.797. The second-order valence-electron chi connectivity index (χ2n) is 5.09. The molecule has 0 amide bonds. The van der Waals surface area contributed by atoms with Gasteiger partial charge in [0, 0.05) is 23.5 Å². The van der Waals surface area contributed by atoms with Gasteiger partial charge in [0.25, 0.3) is 0 Å². The second-order valence-corrected chi connectivity index (χ2v) is 6.47. The van der Waals surface area contributed by atoms with Crippen molar-refractivity contribution in [2.24, 2.45) is 4.99 Å². The van der Waals surface area contributed by atoms with Crippen LogP contribution in [0.5, 0.6) is 0 Å². The molecule has 0 saturated carbocycles. The number of aliphatic imine (C=N–C) groups is 1. The molecule has 0 radical (unpaired) electrons. The van der Waals surface area contributed by atoms with E-state index < -0.39 is 0 Å². The number of hydrogen-bond acceptors (Lipinski definition) is 3. The standard InChI is InChI=1S/C17H23ClN4S.HI/c1-3-16-22-15(12-23-16)11-21-17(19-4-2)20-9-8-13-6-5-7-14(18)10-13;/h5-7,10,12H,3-4,8-9,11H2,1-2H3,(H2,19,20,21);1H. The van der Waals surface area contributed by atoms with Crippen molar-refractivity contribution in [2.45, 2.75) is 33.2 Å². The Kier molecular flexibility index (Phi) is 10.3. The van der Waals surface area contributed by atoms with Crippen molar-refractivity contribution in [2.75, 3.05) is 13.1 Å². The highest BCUT2D eigenvalue weighted by atomic mass is 127. The number of halogens is 2. The first kappa shape index (κ1) is 21.2. The van der Waals surface area contributed by atoms with Crippen molar-refractivity contribution in [3.05, 3.63) is 50.9 Å². The topological polar surface area (TPSA) is 49.3 Å². The first-order valence-electron chi connectivity index (χ1n) is 7.91. The van der Waals surface area contributed by atoms with Crippen LogP contribution in [0.1, 0.15) is 30.1 Å². The van der Waals surface area contributed by atoms with Gasteiger partial charge < -0.3 is 10.6 Å². The van der Waals surface area contributed by atoms with Crippen molar-refractivity contribution in [1.29, 1.82) is 0 Å². The minimum Gasteiger partial charge on any atom is -0.357 e. The molecule has 1 heterocycles. The summed E-state index contributed by atoms with van der Waals surface area (Å²) >= 11 is 7.70. The molecule has 0 aliphatic rings. The van der Waals surface area contributed by atoms with E-state index in [1.54, 1.807) is 11.3 Å². The predicted molar refractivity (Wildman–Crippen MR) is 115 cm³/mol. The first-order chi connectivity index (χ1) is 11.2. The molecule has 0 fully saturated rings. The van der Waals surface area contributed by atoms with Gasteiger partial charge in [0.1, 0.15) is 0 Å². The second kappa shape index (κ2) is 11.7. The number of hydrogen-bond donors (Lipinski definition) is 2. The van der Waals surface area contributed by atoms with Gasteiger partial charge in [-0.3, -0.25) is 0 Å². The Morgan fingerprint density at radius 3 is 2.79 bits per heavy atom. The molecule has 132 valence electrons. The zero-order valence-corrected chi connectivity index (χ0v) is 17.9. The van der Waals surface area contributed by atoms with Crippen molar-refractivity contribution in [3.8, 4) is 0 Å². The molecule has 1 aromatic carbocycles. The van der Waals surface area contributed by atoms with E-state index in [0.717, 1.165) is 47.6 Å². The molecule has 0 spiro atoms. The predicted octanol–water partition coefficient (Wildman–Crippen LogP) is 4.27. The van der Waals surface area contributed by atoms with Crippen LogP contribution in [-0.2, 0) is 19.4 Å². The monoisotopic (exact) mass is 478 g/mol. The largest absolute Gasteiger partial charge is 0.357 e. The molecule has 0 aliphatic carbocycles. The molecule has 0 aliphatic heterocycles. The van der Waals surface area contributed by atoms with Crippen LogP contribution in [-0.4, -0.2) is 24.0 Å². The van der Waals surface area contributed by atoms with Crippen LogP contribution in [0.2, 0.25) is 5.02 Å². The van der Waals surface area contributed by atoms with E-state index in [9.17, 15) is 0 Å². The minimum absolute atomic E-state index is 0. The van der Waals surface area contributed by atoms with Crippen molar-refractivity contribution in [3.63, 3.8) is 0 Å². The fraction of sp³-hybridized carbons (Fsp3) is 0.412. The highest BCUT2D eigenvalue weighted by Gasteiger charge is 2.02. The molecule has 24 heavy (non-hydrogen) atoms. The molecule has 2 N–H and O–H groups in total. The molecule has 7 heteroatoms. The Morgan fingerprint density at radius 2 is 2.12 bits per heavy atom. The third-order valence-electron chi connectivity index (χ3n) is 3.24. The molecule has 0 saturated heterocycles. The molecule has 2 rings (SSSR count). The SMILES string of the molecule is CCNC(=NCc1csc(CC)n1)NCCc1cccc(Cl)c1.I. The normalized spacial score (nSPS) is 11.0. The van der Waals surface area contributed by atoms with Crippen LogP contribution < -0.4 is 10.6 Å². The highest BCUT2D eigenvalue weighted by Crippen LogP contribution is 2.11. The van der Waals surface area contributed by atoms with E-state index in [0.29, 0.717) is 6.54 Å². The molecular weight excluding hydrogens is 455 g/mol. The van der Waals surface area contributed by atoms with E-state index in [4.69, 9.17) is 11.6 Å². The number of thiazole rings is 1. The van der Waals surface area contributed by atoms with Gasteiger partial charge in [0.05, 0.1) is 17.2 Å². The maximum absolute atomic E-state index is 6.01. The Morgan fingerprint density at radius 1 is 1.29 bits per heavy atom. The van der Waals surface area contributed by atoms with Gasteiger partial charge in [-0.2, -0.15) is 0 Å². The summed E-state index contributed by atoms with van der Waals surface area (Å²) in [5.74, 6) is 0.820. The molecule has 0 atom stereocenters. The Labute approximate surface area is 170 Å². The maximum atomic E-state index is 6.01. The number of nitrogens with zero attached hydrogens (tertiary/aromatic N) is 2. The molecule has 0 unspecified atom stereocenters. The van der Waals surface area contributed by atoms with Gasteiger partial charge in [-0.1, -0.05) is 30.7 Å². The number of nitrogens with one attached hydrogen (secondary N) is 2. The van der Waals surface area contributed by atoms with E-state index in [1.807, 2.05) is 18.2 Å². The Hall–Kier alpha value is -0.860. The highest BCUT2D eigenvalue weighted by molar-refractivity contribution is 14.0. The van der Waals surface area contributed by atoms with Crippen molar-refractivity contribution >= 4 is 52.9 Å². The molecule has 1 aromatic heterocycles. The first-order valence-corrected chi connectivity index (χ1v) is 9.17. The van der Waals surface area contributed by atoms with Crippen LogP contribution in [0.15, 0.2) is 34.6 Å². The van der Waals surface area contributed by atoms with Crippen LogP contribution in [0.25, 0.3) is 0 Å². The summed E-state index contributed by atoms with van der Waals surface area (Å²) in [5.41, 5.74) is 2.24. The van der Waals surface area contributed by atoms with Crippen LogP contribution in [0.3, 0.4) is 0 Å². The fourth-order valence-electron chi connectivity index (χ4n) is 2.10. The lowest BCUT2D eigenvalue weighted by atomic mass is 10.1. The van der Waals surface area contributed by atoms with Gasteiger partial charge >= 0.3 is 0 Å². The quantitative estimate of drug-likeness (QED) is 0.355. The minimum atomic E-state index is 0. The number of benzene rings is 1. The van der Waals surface area contributed by atoms with Gasteiger partial charge in [-0.15, -0.1) is 35.3 Å². The van der Waals surface area contributed by atoms with Gasteiger partial charge in [0.15, 0.2) is 5.96 Å². The lowest BCUT2D eigenvalue weighted by Gasteiger charge is -2.11. The summed E-state index contributed by atoms with van der Waals surface area (Å²) < 4.78 is 0. The van der Waals surface area contributed by atoms with Crippen LogP contribution >= 0.6 is 46.9 Å². The van der Waals surface area contributed by atoms with Gasteiger partial charge in [0.2, 0.25) is 0 Å². The van der Waals surface area contributed by atoms with E-state index in [2.05, 4.69) is 45.9 Å². The lowest BCUT2D eigenvalue weighted by Crippen LogP contribution is -2.38. The summed E-state index contributed by atoms with van der Waals surface area (Å²) in [6, 6.07) is 7.95. The summed E-state index contributed by atoms with van der Waals surface area (Å²) in [7, 11) is 0. The van der Waals surface area contributed by atoms with Crippen molar-refractivity contribution in [1.82, 2.24) is 15.6 Å². The maximum Gasteiger partial charge on any atom is 0.191 e. The van der Waals surface area contributed by atoms with E-state index in [-0.39, 0.29) is 24.0 Å². The summed E-state index contributed by atoms with van der Waals surface area (Å²) in [4.78, 5) is 9.13. The molecule has 4 nitrogen and oxygen atoms in total. The summed E-state index contributed by atoms with van der Waals surface area (Å²) in [6.45, 7) is 6.42. The third kappa shape index (κ3) is 7.36. The van der Waals surface area contributed by atoms with Crippen LogP contribution in [0.4, 0.5) is 0 Å². The van der Waals surface area contributed by atoms with Gasteiger partial charge in [-0.25, -0.2) is 9.98 Å². The third-order valence-corrected chi connectivity index (χ3v) is 4.52. The van der Waals surface area contributed by atoms with E-state index >= 15 is 0 Å². The summed E-state index contributed by atoms with van der Waals surface area (Å²) in [5, 5.41) is 10.6. The van der Waals surface area contributed by atoms with E-state index in [1.165, 1.54) is 5.56 Å². The zero-order valence-electron chi connectivity index (χ0n) is 14.0. The average molecular weight is 479 g/mol. The fourth-order valence-corrected chi connectivity index (χ4v) is 3.05. The number of aryl methyl sites for hydroxylation is 1. The van der Waals surface area contributed by atoms with Crippen LogP contribution in [0, 0.1) is 0 Å². The van der Waals surface area contributed by atoms with Gasteiger partial charge in [-0.05, 0) is 37.5 Å². The number of guanidine groups is 1. The average Bonchev–Trinajstić information content (AvgIpc) is 3.01. The zero-order chi connectivity index (χ0) is 16.5. The summed E-state index contributed by atoms with van der Waals surface area (Å²) in [6.07, 6.45) is 1.88. The number of aromatic nitrogens is 1. The Bertz CT molecular complexity index is 645.